The van der Waals surface area contributed by atoms with Crippen LogP contribution in [-0.2, 0) is 11.3 Å². The number of carbonyl (C=O) groups is 1. The molecule has 0 saturated heterocycles. The van der Waals surface area contributed by atoms with Crippen molar-refractivity contribution in [3.05, 3.63) is 76.8 Å². The van der Waals surface area contributed by atoms with Crippen LogP contribution in [0.25, 0.3) is 11.3 Å². The number of nitrogens with one attached hydrogen (secondary N) is 1. The van der Waals surface area contributed by atoms with Crippen LogP contribution in [-0.4, -0.2) is 35.7 Å². The first kappa shape index (κ1) is 20.1. The molecule has 7 heteroatoms. The molecule has 29 heavy (non-hydrogen) atoms. The van der Waals surface area contributed by atoms with E-state index in [9.17, 15) is 9.59 Å². The normalized spacial score (nSPS) is 10.4. The Balaban J connectivity index is 1.54. The summed E-state index contributed by atoms with van der Waals surface area (Å²) >= 11 is 0. The maximum absolute atomic E-state index is 12.4. The molecule has 2 aromatic carbocycles. The number of hydrogen-bond acceptors (Lipinski definition) is 5. The quantitative estimate of drug-likeness (QED) is 0.595. The van der Waals surface area contributed by atoms with Crippen molar-refractivity contribution in [2.45, 2.75) is 13.5 Å². The summed E-state index contributed by atoms with van der Waals surface area (Å²) in [6, 6.07) is 16.4. The van der Waals surface area contributed by atoms with Gasteiger partial charge >= 0.3 is 0 Å². The molecular formula is C22H23N3O4. The molecular weight excluding hydrogens is 370 g/mol. The molecule has 0 fully saturated rings. The molecule has 0 aliphatic heterocycles. The fraction of sp³-hybridized carbons (Fsp3) is 0.227. The number of rotatable bonds is 8. The van der Waals surface area contributed by atoms with Gasteiger partial charge in [0.25, 0.3) is 5.56 Å². The lowest BCUT2D eigenvalue weighted by atomic mass is 10.1. The molecule has 0 aliphatic carbocycles. The standard InChI is InChI=1S/C22H23N3O4/c1-16-7-9-17(10-8-16)29-12-11-23-21(26)14-25-15-24-19(13-22(25)27)18-5-3-4-6-20(18)28-2/h3-10,13,15H,11-12,14H2,1-2H3,(H,23,26). The van der Waals surface area contributed by atoms with Crippen LogP contribution in [0.4, 0.5) is 0 Å². The number of carbonyl (C=O) groups excluding carboxylic acids is 1. The summed E-state index contributed by atoms with van der Waals surface area (Å²) in [6.45, 7) is 2.58. The molecule has 7 nitrogen and oxygen atoms in total. The number of methoxy groups -OCH3 is 1. The van der Waals surface area contributed by atoms with Crippen LogP contribution in [0, 0.1) is 6.92 Å². The predicted molar refractivity (Wildman–Crippen MR) is 110 cm³/mol. The topological polar surface area (TPSA) is 82.5 Å². The second-order valence-electron chi connectivity index (χ2n) is 6.45. The summed E-state index contributed by atoms with van der Waals surface area (Å²) in [7, 11) is 1.56. The van der Waals surface area contributed by atoms with Gasteiger partial charge in [0, 0.05) is 11.6 Å². The molecule has 0 atom stereocenters. The highest BCUT2D eigenvalue weighted by Crippen LogP contribution is 2.26. The Morgan fingerprint density at radius 1 is 1.14 bits per heavy atom. The molecule has 3 aromatic rings. The number of aromatic nitrogens is 2. The largest absolute Gasteiger partial charge is 0.496 e. The van der Waals surface area contributed by atoms with Crippen LogP contribution in [0.15, 0.2) is 65.7 Å². The number of para-hydroxylation sites is 1. The Morgan fingerprint density at radius 3 is 2.62 bits per heavy atom. The Hall–Kier alpha value is -3.61. The summed E-state index contributed by atoms with van der Waals surface area (Å²) in [4.78, 5) is 28.8. The Morgan fingerprint density at radius 2 is 1.90 bits per heavy atom. The lowest BCUT2D eigenvalue weighted by Crippen LogP contribution is -2.34. The summed E-state index contributed by atoms with van der Waals surface area (Å²) < 4.78 is 12.1. The summed E-state index contributed by atoms with van der Waals surface area (Å²) in [5, 5.41) is 2.73. The zero-order valence-corrected chi connectivity index (χ0v) is 16.4. The number of aryl methyl sites for hydroxylation is 1. The number of amides is 1. The van der Waals surface area contributed by atoms with Crippen molar-refractivity contribution in [1.29, 1.82) is 0 Å². The average molecular weight is 393 g/mol. The Labute approximate surface area is 168 Å². The minimum atomic E-state index is -0.313. The van der Waals surface area contributed by atoms with Crippen molar-refractivity contribution < 1.29 is 14.3 Å². The highest BCUT2D eigenvalue weighted by molar-refractivity contribution is 5.75. The van der Waals surface area contributed by atoms with Gasteiger partial charge in [0.2, 0.25) is 5.91 Å². The van der Waals surface area contributed by atoms with Gasteiger partial charge in [-0.2, -0.15) is 0 Å². The number of ether oxygens (including phenoxy) is 2. The van der Waals surface area contributed by atoms with Crippen molar-refractivity contribution in [1.82, 2.24) is 14.9 Å². The van der Waals surface area contributed by atoms with Gasteiger partial charge in [0.15, 0.2) is 0 Å². The zero-order chi connectivity index (χ0) is 20.6. The first-order valence-corrected chi connectivity index (χ1v) is 9.23. The van der Waals surface area contributed by atoms with Crippen molar-refractivity contribution in [2.24, 2.45) is 0 Å². The lowest BCUT2D eigenvalue weighted by Gasteiger charge is -2.10. The predicted octanol–water partition coefficient (Wildman–Crippen LogP) is 2.42. The molecule has 0 aliphatic rings. The minimum absolute atomic E-state index is 0.109. The number of benzene rings is 2. The molecule has 0 unspecified atom stereocenters. The Kier molecular flexibility index (Phi) is 6.63. The molecule has 0 bridgehead atoms. The fourth-order valence-corrected chi connectivity index (χ4v) is 2.75. The molecule has 3 rings (SSSR count). The van der Waals surface area contributed by atoms with E-state index in [4.69, 9.17) is 9.47 Å². The monoisotopic (exact) mass is 393 g/mol. The average Bonchev–Trinajstić information content (AvgIpc) is 2.74. The summed E-state index contributed by atoms with van der Waals surface area (Å²) in [5.74, 6) is 1.09. The van der Waals surface area contributed by atoms with E-state index in [0.717, 1.165) is 16.9 Å². The third-order valence-corrected chi connectivity index (χ3v) is 4.29. The molecule has 1 N–H and O–H groups in total. The molecule has 0 radical (unpaired) electrons. The van der Waals surface area contributed by atoms with Gasteiger partial charge in [0.05, 0.1) is 25.7 Å². The number of nitrogens with zero attached hydrogens (tertiary/aromatic N) is 2. The van der Waals surface area contributed by atoms with Gasteiger partial charge < -0.3 is 14.8 Å². The summed E-state index contributed by atoms with van der Waals surface area (Å²) in [6.07, 6.45) is 1.37. The van der Waals surface area contributed by atoms with Crippen LogP contribution in [0.5, 0.6) is 11.5 Å². The van der Waals surface area contributed by atoms with Crippen LogP contribution in [0.3, 0.4) is 0 Å². The second kappa shape index (κ2) is 9.54. The van der Waals surface area contributed by atoms with E-state index in [1.165, 1.54) is 17.0 Å². The van der Waals surface area contributed by atoms with E-state index in [-0.39, 0.29) is 18.0 Å². The molecule has 1 aromatic heterocycles. The van der Waals surface area contributed by atoms with E-state index >= 15 is 0 Å². The van der Waals surface area contributed by atoms with Gasteiger partial charge in [-0.1, -0.05) is 29.8 Å². The van der Waals surface area contributed by atoms with Gasteiger partial charge in [-0.25, -0.2) is 4.98 Å². The Bertz CT molecular complexity index is 1030. The van der Waals surface area contributed by atoms with Gasteiger partial charge in [-0.3, -0.25) is 14.2 Å². The SMILES string of the molecule is COc1ccccc1-c1cc(=O)n(CC(=O)NCCOc2ccc(C)cc2)cn1. The summed E-state index contributed by atoms with van der Waals surface area (Å²) in [5.41, 5.74) is 2.06. The lowest BCUT2D eigenvalue weighted by molar-refractivity contribution is -0.121. The van der Waals surface area contributed by atoms with Crippen LogP contribution in [0.2, 0.25) is 0 Å². The highest BCUT2D eigenvalue weighted by atomic mass is 16.5. The number of hydrogen-bond donors (Lipinski definition) is 1. The third kappa shape index (κ3) is 5.44. The molecule has 0 spiro atoms. The minimum Gasteiger partial charge on any atom is -0.496 e. The van der Waals surface area contributed by atoms with Crippen molar-refractivity contribution >= 4 is 5.91 Å². The first-order chi connectivity index (χ1) is 14.1. The zero-order valence-electron chi connectivity index (χ0n) is 16.4. The second-order valence-corrected chi connectivity index (χ2v) is 6.45. The smallest absolute Gasteiger partial charge is 0.254 e. The van der Waals surface area contributed by atoms with Crippen molar-refractivity contribution in [3.63, 3.8) is 0 Å². The van der Waals surface area contributed by atoms with E-state index in [1.54, 1.807) is 13.2 Å². The molecule has 150 valence electrons. The van der Waals surface area contributed by atoms with E-state index in [1.807, 2.05) is 49.4 Å². The fourth-order valence-electron chi connectivity index (χ4n) is 2.75. The van der Waals surface area contributed by atoms with Crippen molar-refractivity contribution in [3.8, 4) is 22.8 Å². The maximum Gasteiger partial charge on any atom is 0.254 e. The first-order valence-electron chi connectivity index (χ1n) is 9.23. The van der Waals surface area contributed by atoms with Crippen LogP contribution >= 0.6 is 0 Å². The van der Waals surface area contributed by atoms with Crippen LogP contribution < -0.4 is 20.3 Å². The highest BCUT2D eigenvalue weighted by Gasteiger charge is 2.10. The van der Waals surface area contributed by atoms with Gasteiger partial charge in [-0.05, 0) is 31.2 Å². The van der Waals surface area contributed by atoms with E-state index < -0.39 is 0 Å². The van der Waals surface area contributed by atoms with Gasteiger partial charge in [0.1, 0.15) is 24.7 Å². The van der Waals surface area contributed by atoms with E-state index in [2.05, 4.69) is 10.3 Å². The van der Waals surface area contributed by atoms with E-state index in [0.29, 0.717) is 24.6 Å². The molecule has 1 amide bonds. The van der Waals surface area contributed by atoms with Crippen molar-refractivity contribution in [2.75, 3.05) is 20.3 Å². The van der Waals surface area contributed by atoms with Crippen LogP contribution in [0.1, 0.15) is 5.56 Å². The molecule has 0 saturated carbocycles. The third-order valence-electron chi connectivity index (χ3n) is 4.29. The molecule has 1 heterocycles. The maximum atomic E-state index is 12.4. The van der Waals surface area contributed by atoms with Gasteiger partial charge in [-0.15, -0.1) is 0 Å².